The molecular weight excluding hydrogens is 240 g/mol. The molecule has 1 heterocycles. The minimum atomic E-state index is -1.25. The van der Waals surface area contributed by atoms with E-state index in [4.69, 9.17) is 9.84 Å². The summed E-state index contributed by atoms with van der Waals surface area (Å²) in [6.07, 6.45) is 3.33. The van der Waals surface area contributed by atoms with E-state index in [1.165, 1.54) is 4.90 Å². The van der Waals surface area contributed by atoms with E-state index in [2.05, 4.69) is 5.32 Å². The maximum atomic E-state index is 11.5. The predicted molar refractivity (Wildman–Crippen MR) is 61.9 cm³/mol. The van der Waals surface area contributed by atoms with Gasteiger partial charge in [0.2, 0.25) is 0 Å². The summed E-state index contributed by atoms with van der Waals surface area (Å²) in [7, 11) is 1.55. The van der Waals surface area contributed by atoms with Crippen LogP contribution in [0.15, 0.2) is 12.2 Å². The molecule has 0 radical (unpaired) electrons. The zero-order valence-electron chi connectivity index (χ0n) is 10.1. The van der Waals surface area contributed by atoms with E-state index in [9.17, 15) is 14.4 Å². The fraction of sp³-hybridized carbons (Fsp3) is 0.545. The first-order valence-corrected chi connectivity index (χ1v) is 5.57. The van der Waals surface area contributed by atoms with Crippen LogP contribution in [0.1, 0.15) is 12.8 Å². The molecule has 0 aromatic carbocycles. The first-order chi connectivity index (χ1) is 8.49. The molecule has 18 heavy (non-hydrogen) atoms. The predicted octanol–water partition coefficient (Wildman–Crippen LogP) is -0.0258. The summed E-state index contributed by atoms with van der Waals surface area (Å²) in [5, 5.41) is 10.4. The van der Waals surface area contributed by atoms with E-state index in [1.54, 1.807) is 7.05 Å². The van der Waals surface area contributed by atoms with Crippen molar-refractivity contribution in [1.82, 2.24) is 10.2 Å². The number of rotatable bonds is 4. The van der Waals surface area contributed by atoms with Gasteiger partial charge in [-0.15, -0.1) is 0 Å². The maximum Gasteiger partial charge on any atom is 0.328 e. The van der Waals surface area contributed by atoms with Crippen LogP contribution in [0.4, 0.5) is 4.79 Å². The number of urea groups is 1. The van der Waals surface area contributed by atoms with Gasteiger partial charge in [-0.2, -0.15) is 0 Å². The Bertz CT molecular complexity index is 360. The van der Waals surface area contributed by atoms with Gasteiger partial charge >= 0.3 is 12.0 Å². The number of hydrogen-bond donors (Lipinski definition) is 2. The van der Waals surface area contributed by atoms with Gasteiger partial charge in [-0.3, -0.25) is 10.1 Å². The molecule has 1 atom stereocenters. The van der Waals surface area contributed by atoms with Crippen LogP contribution < -0.4 is 5.32 Å². The number of imide groups is 1. The Hall–Kier alpha value is -1.89. The number of amides is 3. The van der Waals surface area contributed by atoms with Crippen LogP contribution in [0.2, 0.25) is 0 Å². The summed E-state index contributed by atoms with van der Waals surface area (Å²) >= 11 is 0. The van der Waals surface area contributed by atoms with Gasteiger partial charge < -0.3 is 14.7 Å². The first kappa shape index (κ1) is 14.2. The fourth-order valence-corrected chi connectivity index (χ4v) is 1.57. The Morgan fingerprint density at radius 1 is 1.44 bits per heavy atom. The van der Waals surface area contributed by atoms with Gasteiger partial charge in [0.25, 0.3) is 5.91 Å². The van der Waals surface area contributed by atoms with Crippen molar-refractivity contribution in [3.63, 3.8) is 0 Å². The molecule has 0 aromatic rings. The Balaban J connectivity index is 2.34. The second kappa shape index (κ2) is 6.75. The number of carbonyl (C=O) groups excluding carboxylic acids is 2. The lowest BCUT2D eigenvalue weighted by atomic mass is 10.2. The minimum absolute atomic E-state index is 0.00501. The molecule has 0 aromatic heterocycles. The summed E-state index contributed by atoms with van der Waals surface area (Å²) < 4.78 is 5.36. The number of carboxylic acid groups (broad SMARTS) is 1. The molecule has 2 N–H and O–H groups in total. The summed E-state index contributed by atoms with van der Waals surface area (Å²) in [6.45, 7) is 1.10. The van der Waals surface area contributed by atoms with Gasteiger partial charge in [0.1, 0.15) is 0 Å². The Morgan fingerprint density at radius 2 is 2.17 bits per heavy atom. The second-order valence-corrected chi connectivity index (χ2v) is 3.98. The number of nitrogens with one attached hydrogen (secondary N) is 1. The van der Waals surface area contributed by atoms with Crippen LogP contribution in [0.3, 0.4) is 0 Å². The summed E-state index contributed by atoms with van der Waals surface area (Å²) in [6, 6.07) is -0.578. The lowest BCUT2D eigenvalue weighted by molar-refractivity contribution is -0.131. The topological polar surface area (TPSA) is 95.9 Å². The number of hydrogen-bond acceptors (Lipinski definition) is 4. The van der Waals surface area contributed by atoms with Crippen molar-refractivity contribution in [2.75, 3.05) is 20.2 Å². The fourth-order valence-electron chi connectivity index (χ4n) is 1.57. The lowest BCUT2D eigenvalue weighted by Gasteiger charge is -2.20. The largest absolute Gasteiger partial charge is 0.478 e. The Labute approximate surface area is 104 Å². The van der Waals surface area contributed by atoms with Gasteiger partial charge in [-0.1, -0.05) is 0 Å². The molecular formula is C11H16N2O5. The van der Waals surface area contributed by atoms with E-state index >= 15 is 0 Å². The number of ether oxygens (including phenoxy) is 1. The molecule has 1 fully saturated rings. The van der Waals surface area contributed by atoms with E-state index < -0.39 is 17.9 Å². The van der Waals surface area contributed by atoms with Crippen LogP contribution in [0.25, 0.3) is 0 Å². The van der Waals surface area contributed by atoms with Gasteiger partial charge in [0.15, 0.2) is 0 Å². The number of likely N-dealkylation sites (N-methyl/N-ethyl adjacent to an activating group) is 1. The highest BCUT2D eigenvalue weighted by atomic mass is 16.5. The number of carbonyl (C=O) groups is 3. The average molecular weight is 256 g/mol. The van der Waals surface area contributed by atoms with Gasteiger partial charge in [0.05, 0.1) is 6.10 Å². The number of carboxylic acids is 1. The third-order valence-electron chi connectivity index (χ3n) is 2.46. The Morgan fingerprint density at radius 3 is 2.72 bits per heavy atom. The molecule has 1 aliphatic rings. The second-order valence-electron chi connectivity index (χ2n) is 3.98. The molecule has 0 bridgehead atoms. The van der Waals surface area contributed by atoms with Crippen molar-refractivity contribution in [2.24, 2.45) is 0 Å². The van der Waals surface area contributed by atoms with Crippen molar-refractivity contribution >= 4 is 17.9 Å². The maximum absolute atomic E-state index is 11.5. The van der Waals surface area contributed by atoms with Crippen LogP contribution in [0.5, 0.6) is 0 Å². The summed E-state index contributed by atoms with van der Waals surface area (Å²) in [5.41, 5.74) is 0. The van der Waals surface area contributed by atoms with Crippen LogP contribution in [-0.2, 0) is 14.3 Å². The average Bonchev–Trinajstić information content (AvgIpc) is 2.79. The van der Waals surface area contributed by atoms with E-state index in [0.717, 1.165) is 18.9 Å². The van der Waals surface area contributed by atoms with Crippen LogP contribution >= 0.6 is 0 Å². The van der Waals surface area contributed by atoms with Gasteiger partial charge in [-0.05, 0) is 12.8 Å². The quantitative estimate of drug-likeness (QED) is 0.689. The van der Waals surface area contributed by atoms with Crippen molar-refractivity contribution < 1.29 is 24.2 Å². The Kier molecular flexibility index (Phi) is 5.31. The minimum Gasteiger partial charge on any atom is -0.478 e. The van der Waals surface area contributed by atoms with Crippen LogP contribution in [-0.4, -0.2) is 54.2 Å². The third kappa shape index (κ3) is 4.96. The zero-order valence-corrected chi connectivity index (χ0v) is 10.1. The van der Waals surface area contributed by atoms with E-state index in [1.807, 2.05) is 0 Å². The normalized spacial score (nSPS) is 18.8. The van der Waals surface area contributed by atoms with Crippen LogP contribution in [0, 0.1) is 0 Å². The monoisotopic (exact) mass is 256 g/mol. The third-order valence-corrected chi connectivity index (χ3v) is 2.46. The summed E-state index contributed by atoms with van der Waals surface area (Å²) in [5.74, 6) is -2.01. The molecule has 1 saturated heterocycles. The molecule has 0 aliphatic carbocycles. The van der Waals surface area contributed by atoms with Crippen molar-refractivity contribution in [2.45, 2.75) is 18.9 Å². The molecule has 0 spiro atoms. The zero-order chi connectivity index (χ0) is 13.5. The van der Waals surface area contributed by atoms with Crippen molar-refractivity contribution in [1.29, 1.82) is 0 Å². The first-order valence-electron chi connectivity index (χ1n) is 5.57. The molecule has 1 unspecified atom stereocenters. The SMILES string of the molecule is CN(CC1CCCO1)C(=O)NC(=O)/C=C/C(=O)O. The van der Waals surface area contributed by atoms with Gasteiger partial charge in [-0.25, -0.2) is 9.59 Å². The molecule has 100 valence electrons. The molecule has 0 saturated carbocycles. The standard InChI is InChI=1S/C11H16N2O5/c1-13(7-8-3-2-6-18-8)11(17)12-9(14)4-5-10(15)16/h4-5,8H,2-3,6-7H2,1H3,(H,15,16)(H,12,14,17)/b5-4+. The smallest absolute Gasteiger partial charge is 0.328 e. The highest BCUT2D eigenvalue weighted by Crippen LogP contribution is 2.12. The highest BCUT2D eigenvalue weighted by Gasteiger charge is 2.20. The molecule has 1 aliphatic heterocycles. The highest BCUT2D eigenvalue weighted by molar-refractivity contribution is 6.02. The molecule has 7 heteroatoms. The van der Waals surface area contributed by atoms with Gasteiger partial charge in [0, 0.05) is 32.4 Å². The van der Waals surface area contributed by atoms with E-state index in [0.29, 0.717) is 19.2 Å². The molecule has 3 amide bonds. The van der Waals surface area contributed by atoms with Crippen molar-refractivity contribution in [3.05, 3.63) is 12.2 Å². The molecule has 7 nitrogen and oxygen atoms in total. The van der Waals surface area contributed by atoms with Crippen molar-refractivity contribution in [3.8, 4) is 0 Å². The number of aliphatic carboxylic acids is 1. The van der Waals surface area contributed by atoms with E-state index in [-0.39, 0.29) is 6.10 Å². The summed E-state index contributed by atoms with van der Waals surface area (Å²) in [4.78, 5) is 34.2. The number of nitrogens with zero attached hydrogens (tertiary/aromatic N) is 1. The molecule has 1 rings (SSSR count). The lowest BCUT2D eigenvalue weighted by Crippen LogP contribution is -2.43.